The second kappa shape index (κ2) is 3.52. The molecule has 2 heteroatoms. The van der Waals surface area contributed by atoms with E-state index in [-0.39, 0.29) is 13.5 Å². The smallest absolute Gasteiger partial charge is 0.116 e. The highest BCUT2D eigenvalue weighted by Crippen LogP contribution is 2.13. The first-order valence-electron chi connectivity index (χ1n) is 2.96. The van der Waals surface area contributed by atoms with Gasteiger partial charge in [0.15, 0.2) is 0 Å². The lowest BCUT2D eigenvalue weighted by Gasteiger charge is -1.95. The third-order valence-electron chi connectivity index (χ3n) is 1.21. The second-order valence-corrected chi connectivity index (χ2v) is 2.35. The Morgan fingerprint density at radius 3 is 1.70 bits per heavy atom. The highest BCUT2D eigenvalue weighted by molar-refractivity contribution is 7.59. The van der Waals surface area contributed by atoms with E-state index in [4.69, 9.17) is 5.11 Å². The van der Waals surface area contributed by atoms with Gasteiger partial charge >= 0.3 is 0 Å². The largest absolute Gasteiger partial charge is 0.508 e. The summed E-state index contributed by atoms with van der Waals surface area (Å²) in [5, 5.41) is 8.99. The maximum absolute atomic E-state index is 8.99. The van der Waals surface area contributed by atoms with Crippen molar-refractivity contribution >= 4 is 13.5 Å². The van der Waals surface area contributed by atoms with Gasteiger partial charge in [-0.2, -0.15) is 13.5 Å². The monoisotopic (exact) mass is 156 g/mol. The minimum Gasteiger partial charge on any atom is -0.508 e. The molecular formula is C8H12OS. The minimum absolute atomic E-state index is 0. The first-order chi connectivity index (χ1) is 4.18. The van der Waals surface area contributed by atoms with E-state index < -0.39 is 0 Å². The lowest BCUT2D eigenvalue weighted by atomic mass is 10.1. The fourth-order valence-corrected chi connectivity index (χ4v) is 0.951. The van der Waals surface area contributed by atoms with Crippen LogP contribution in [0.25, 0.3) is 0 Å². The van der Waals surface area contributed by atoms with Crippen LogP contribution in [0.3, 0.4) is 0 Å². The molecule has 0 aliphatic heterocycles. The highest BCUT2D eigenvalue weighted by Gasteiger charge is 1.89. The molecule has 0 unspecified atom stereocenters. The molecule has 0 bridgehead atoms. The summed E-state index contributed by atoms with van der Waals surface area (Å²) in [6.45, 7) is 3.93. The first-order valence-corrected chi connectivity index (χ1v) is 2.96. The van der Waals surface area contributed by atoms with Gasteiger partial charge in [-0.1, -0.05) is 6.07 Å². The van der Waals surface area contributed by atoms with Gasteiger partial charge in [-0.05, 0) is 37.1 Å². The summed E-state index contributed by atoms with van der Waals surface area (Å²) in [6.07, 6.45) is 0. The molecule has 1 nitrogen and oxygen atoms in total. The molecule has 0 radical (unpaired) electrons. The SMILES string of the molecule is Cc1cc(C)cc(O)c1.S. The molecule has 1 aromatic rings. The molecule has 0 fully saturated rings. The van der Waals surface area contributed by atoms with Crippen LogP contribution in [0.1, 0.15) is 11.1 Å². The van der Waals surface area contributed by atoms with Crippen molar-refractivity contribution in [1.29, 1.82) is 0 Å². The molecule has 0 aromatic heterocycles. The Morgan fingerprint density at radius 1 is 1.00 bits per heavy atom. The Balaban J connectivity index is 0.000000810. The highest BCUT2D eigenvalue weighted by atomic mass is 32.1. The standard InChI is InChI=1S/C8H10O.H2S/c1-6-3-7(2)5-8(9)4-6;/h3-5,9H,1-2H3;1H2. The van der Waals surface area contributed by atoms with Crippen molar-refractivity contribution in [3.63, 3.8) is 0 Å². The Morgan fingerprint density at radius 2 is 1.40 bits per heavy atom. The van der Waals surface area contributed by atoms with E-state index >= 15 is 0 Å². The number of benzene rings is 1. The van der Waals surface area contributed by atoms with Crippen molar-refractivity contribution in [3.05, 3.63) is 29.3 Å². The molecular weight excluding hydrogens is 144 g/mol. The molecule has 1 N–H and O–H groups in total. The first kappa shape index (κ1) is 9.37. The molecule has 0 aliphatic rings. The minimum atomic E-state index is 0. The summed E-state index contributed by atoms with van der Waals surface area (Å²) in [4.78, 5) is 0. The number of aromatic hydroxyl groups is 1. The van der Waals surface area contributed by atoms with Crippen molar-refractivity contribution in [3.8, 4) is 5.75 Å². The van der Waals surface area contributed by atoms with Crippen LogP contribution in [-0.4, -0.2) is 5.11 Å². The van der Waals surface area contributed by atoms with E-state index in [0.29, 0.717) is 5.75 Å². The van der Waals surface area contributed by atoms with Crippen molar-refractivity contribution < 1.29 is 5.11 Å². The number of phenols is 1. The number of rotatable bonds is 0. The molecule has 0 spiro atoms. The fourth-order valence-electron chi connectivity index (χ4n) is 0.951. The van der Waals surface area contributed by atoms with Gasteiger partial charge in [0.1, 0.15) is 5.75 Å². The molecule has 1 aromatic carbocycles. The molecule has 0 saturated carbocycles. The van der Waals surface area contributed by atoms with Gasteiger partial charge in [-0.15, -0.1) is 0 Å². The Kier molecular flexibility index (Phi) is 3.30. The Labute approximate surface area is 68.1 Å². The normalized spacial score (nSPS) is 8.60. The topological polar surface area (TPSA) is 20.2 Å². The molecule has 10 heavy (non-hydrogen) atoms. The van der Waals surface area contributed by atoms with Crippen molar-refractivity contribution in [2.45, 2.75) is 13.8 Å². The van der Waals surface area contributed by atoms with Crippen LogP contribution in [0.4, 0.5) is 0 Å². The second-order valence-electron chi connectivity index (χ2n) is 2.35. The number of hydrogen-bond acceptors (Lipinski definition) is 1. The number of phenolic OH excluding ortho intramolecular Hbond substituents is 1. The fraction of sp³-hybridized carbons (Fsp3) is 0.250. The van der Waals surface area contributed by atoms with Gasteiger partial charge < -0.3 is 5.11 Å². The van der Waals surface area contributed by atoms with Crippen molar-refractivity contribution in [2.24, 2.45) is 0 Å². The van der Waals surface area contributed by atoms with E-state index in [1.54, 1.807) is 12.1 Å². The predicted octanol–water partition coefficient (Wildman–Crippen LogP) is 2.12. The Bertz CT molecular complexity index is 170. The number of aryl methyl sites for hydroxylation is 2. The third-order valence-corrected chi connectivity index (χ3v) is 1.21. The summed E-state index contributed by atoms with van der Waals surface area (Å²) in [5.74, 6) is 0.354. The summed E-state index contributed by atoms with van der Waals surface area (Å²) >= 11 is 0. The van der Waals surface area contributed by atoms with Gasteiger partial charge in [0.2, 0.25) is 0 Å². The third kappa shape index (κ3) is 2.31. The van der Waals surface area contributed by atoms with Crippen molar-refractivity contribution in [1.82, 2.24) is 0 Å². The van der Waals surface area contributed by atoms with Crippen LogP contribution in [0, 0.1) is 13.8 Å². The molecule has 0 aliphatic carbocycles. The molecule has 0 heterocycles. The maximum Gasteiger partial charge on any atom is 0.116 e. The summed E-state index contributed by atoms with van der Waals surface area (Å²) in [7, 11) is 0. The van der Waals surface area contributed by atoms with E-state index in [2.05, 4.69) is 0 Å². The maximum atomic E-state index is 8.99. The van der Waals surface area contributed by atoms with Crippen LogP contribution >= 0.6 is 13.5 Å². The number of hydrogen-bond donors (Lipinski definition) is 1. The molecule has 1 rings (SSSR count). The van der Waals surface area contributed by atoms with E-state index in [1.165, 1.54) is 0 Å². The molecule has 56 valence electrons. The molecule has 0 atom stereocenters. The average molecular weight is 156 g/mol. The van der Waals surface area contributed by atoms with Gasteiger partial charge in [0, 0.05) is 0 Å². The molecule has 0 amide bonds. The summed E-state index contributed by atoms with van der Waals surface area (Å²) in [5.41, 5.74) is 2.21. The zero-order chi connectivity index (χ0) is 6.85. The molecule has 0 saturated heterocycles. The Hall–Kier alpha value is -0.630. The van der Waals surface area contributed by atoms with Gasteiger partial charge in [0.25, 0.3) is 0 Å². The van der Waals surface area contributed by atoms with Gasteiger partial charge in [-0.25, -0.2) is 0 Å². The van der Waals surface area contributed by atoms with E-state index in [9.17, 15) is 0 Å². The van der Waals surface area contributed by atoms with E-state index in [0.717, 1.165) is 11.1 Å². The predicted molar refractivity (Wildman–Crippen MR) is 48.0 cm³/mol. The average Bonchev–Trinajstić information content (AvgIpc) is 1.59. The van der Waals surface area contributed by atoms with Gasteiger partial charge in [-0.3, -0.25) is 0 Å². The lowest BCUT2D eigenvalue weighted by Crippen LogP contribution is -1.74. The zero-order valence-electron chi connectivity index (χ0n) is 6.18. The van der Waals surface area contributed by atoms with Crippen LogP contribution in [0.15, 0.2) is 18.2 Å². The van der Waals surface area contributed by atoms with Crippen LogP contribution < -0.4 is 0 Å². The van der Waals surface area contributed by atoms with Crippen LogP contribution in [-0.2, 0) is 0 Å². The van der Waals surface area contributed by atoms with Crippen LogP contribution in [0.2, 0.25) is 0 Å². The van der Waals surface area contributed by atoms with Gasteiger partial charge in [0.05, 0.1) is 0 Å². The van der Waals surface area contributed by atoms with E-state index in [1.807, 2.05) is 19.9 Å². The zero-order valence-corrected chi connectivity index (χ0v) is 7.18. The lowest BCUT2D eigenvalue weighted by molar-refractivity contribution is 0.474. The summed E-state index contributed by atoms with van der Waals surface area (Å²) in [6, 6.07) is 5.51. The summed E-state index contributed by atoms with van der Waals surface area (Å²) < 4.78 is 0. The van der Waals surface area contributed by atoms with Crippen molar-refractivity contribution in [2.75, 3.05) is 0 Å². The quantitative estimate of drug-likeness (QED) is 0.610. The van der Waals surface area contributed by atoms with Crippen LogP contribution in [0.5, 0.6) is 5.75 Å².